The molecule has 14 heteroatoms. The lowest BCUT2D eigenvalue weighted by Gasteiger charge is -2.14. The summed E-state index contributed by atoms with van der Waals surface area (Å²) in [6, 6.07) is 2.86. The number of rotatable bonds is 9. The van der Waals surface area contributed by atoms with Crippen LogP contribution < -0.4 is 5.32 Å². The zero-order valence-electron chi connectivity index (χ0n) is 14.2. The number of thioether (sulfide) groups is 1. The summed E-state index contributed by atoms with van der Waals surface area (Å²) in [5.41, 5.74) is 0. The first-order valence-corrected chi connectivity index (χ1v) is 11.8. The van der Waals surface area contributed by atoms with E-state index < -0.39 is 22.5 Å². The molecule has 0 saturated carbocycles. The summed E-state index contributed by atoms with van der Waals surface area (Å²) in [7, 11) is -2.51. The smallest absolute Gasteiger partial charge is 0.316 e. The van der Waals surface area contributed by atoms with Gasteiger partial charge in [-0.25, -0.2) is 8.42 Å². The van der Waals surface area contributed by atoms with Gasteiger partial charge in [-0.15, -0.1) is 21.5 Å². The molecular weight excluding hydrogens is 456 g/mol. The molecule has 27 heavy (non-hydrogen) atoms. The fourth-order valence-corrected chi connectivity index (χ4v) is 6.06. The second-order valence-corrected chi connectivity index (χ2v) is 11.0. The van der Waals surface area contributed by atoms with E-state index in [1.165, 1.54) is 19.2 Å². The third-order valence-corrected chi connectivity index (χ3v) is 8.30. The van der Waals surface area contributed by atoms with Crippen molar-refractivity contribution >= 4 is 73.1 Å². The molecule has 0 bridgehead atoms. The van der Waals surface area contributed by atoms with Gasteiger partial charge in [0.1, 0.15) is 4.21 Å². The molecule has 0 unspecified atom stereocenters. The fraction of sp³-hybridized carbons (Fsp3) is 0.385. The molecule has 1 N–H and O–H groups in total. The third kappa shape index (κ3) is 6.40. The molecule has 1 amide bonds. The average Bonchev–Trinajstić information content (AvgIpc) is 3.22. The molecule has 0 fully saturated rings. The Morgan fingerprint density at radius 3 is 2.70 bits per heavy atom. The Balaban J connectivity index is 1.89. The van der Waals surface area contributed by atoms with Crippen molar-refractivity contribution in [3.05, 3.63) is 16.5 Å². The number of sulfonamides is 1. The second-order valence-electron chi connectivity index (χ2n) is 4.83. The van der Waals surface area contributed by atoms with Crippen LogP contribution in [0, 0.1) is 0 Å². The minimum atomic E-state index is -3.81. The fourth-order valence-electron chi connectivity index (χ4n) is 1.68. The Morgan fingerprint density at radius 1 is 1.33 bits per heavy atom. The minimum Gasteiger partial charge on any atom is -0.465 e. The number of halogens is 1. The van der Waals surface area contributed by atoms with Gasteiger partial charge in [0.2, 0.25) is 11.0 Å². The molecule has 0 saturated heterocycles. The SMILES string of the molecule is CCOC(=O)CSc1nnc(NC(=O)CN(C)S(=O)(=O)c2ccc(Cl)s2)s1. The predicted octanol–water partition coefficient (Wildman–Crippen LogP) is 2.17. The Kier molecular flexibility index (Phi) is 8.00. The number of anilines is 1. The Labute approximate surface area is 173 Å². The van der Waals surface area contributed by atoms with E-state index in [4.69, 9.17) is 16.3 Å². The predicted molar refractivity (Wildman–Crippen MR) is 105 cm³/mol. The summed E-state index contributed by atoms with van der Waals surface area (Å²) >= 11 is 8.88. The molecule has 0 radical (unpaired) electrons. The Bertz CT molecular complexity index is 913. The molecule has 0 aliphatic rings. The molecule has 0 aliphatic carbocycles. The van der Waals surface area contributed by atoms with Crippen LogP contribution in [-0.4, -0.2) is 60.7 Å². The lowest BCUT2D eigenvalue weighted by Crippen LogP contribution is -2.34. The summed E-state index contributed by atoms with van der Waals surface area (Å²) in [6.45, 7) is 1.61. The van der Waals surface area contributed by atoms with Crippen molar-refractivity contribution in [1.29, 1.82) is 0 Å². The van der Waals surface area contributed by atoms with Crippen LogP contribution in [0.2, 0.25) is 4.34 Å². The zero-order chi connectivity index (χ0) is 20.0. The Morgan fingerprint density at radius 2 is 2.07 bits per heavy atom. The van der Waals surface area contributed by atoms with Crippen molar-refractivity contribution in [3.8, 4) is 0 Å². The van der Waals surface area contributed by atoms with E-state index >= 15 is 0 Å². The van der Waals surface area contributed by atoms with Gasteiger partial charge in [0.15, 0.2) is 4.34 Å². The van der Waals surface area contributed by atoms with Crippen molar-refractivity contribution in [2.45, 2.75) is 15.5 Å². The van der Waals surface area contributed by atoms with Crippen molar-refractivity contribution in [1.82, 2.24) is 14.5 Å². The number of ether oxygens (including phenoxy) is 1. The number of nitrogens with zero attached hydrogens (tertiary/aromatic N) is 3. The molecule has 0 aromatic carbocycles. The van der Waals surface area contributed by atoms with Gasteiger partial charge in [0, 0.05) is 7.05 Å². The molecule has 9 nitrogen and oxygen atoms in total. The van der Waals surface area contributed by atoms with E-state index in [1.807, 2.05) is 0 Å². The van der Waals surface area contributed by atoms with E-state index in [0.29, 0.717) is 15.3 Å². The van der Waals surface area contributed by atoms with E-state index in [9.17, 15) is 18.0 Å². The quantitative estimate of drug-likeness (QED) is 0.336. The molecule has 0 aliphatic heterocycles. The monoisotopic (exact) mass is 470 g/mol. The van der Waals surface area contributed by atoms with Gasteiger partial charge in [0.25, 0.3) is 10.0 Å². The number of hydrogen-bond donors (Lipinski definition) is 1. The van der Waals surface area contributed by atoms with Gasteiger partial charge in [-0.2, -0.15) is 4.31 Å². The summed E-state index contributed by atoms with van der Waals surface area (Å²) in [4.78, 5) is 23.4. The number of nitrogens with one attached hydrogen (secondary N) is 1. The largest absolute Gasteiger partial charge is 0.465 e. The Hall–Kier alpha value is -1.25. The highest BCUT2D eigenvalue weighted by Gasteiger charge is 2.25. The average molecular weight is 471 g/mol. The van der Waals surface area contributed by atoms with E-state index in [2.05, 4.69) is 15.5 Å². The van der Waals surface area contributed by atoms with Crippen LogP contribution in [0.5, 0.6) is 0 Å². The van der Waals surface area contributed by atoms with Crippen LogP contribution in [0.4, 0.5) is 5.13 Å². The lowest BCUT2D eigenvalue weighted by molar-refractivity contribution is -0.139. The van der Waals surface area contributed by atoms with Crippen molar-refractivity contribution in [2.24, 2.45) is 0 Å². The summed E-state index contributed by atoms with van der Waals surface area (Å²) in [5, 5.41) is 10.3. The van der Waals surface area contributed by atoms with Crippen molar-refractivity contribution in [2.75, 3.05) is 31.3 Å². The van der Waals surface area contributed by atoms with Gasteiger partial charge in [-0.1, -0.05) is 34.7 Å². The minimum absolute atomic E-state index is 0.0522. The van der Waals surface area contributed by atoms with Gasteiger partial charge in [-0.3, -0.25) is 14.9 Å². The number of carbonyl (C=O) groups is 2. The van der Waals surface area contributed by atoms with Crippen molar-refractivity contribution < 1.29 is 22.7 Å². The summed E-state index contributed by atoms with van der Waals surface area (Å²) < 4.78 is 31.3. The molecular formula is C13H15ClN4O5S4. The normalized spacial score (nSPS) is 11.6. The molecule has 148 valence electrons. The lowest BCUT2D eigenvalue weighted by atomic mass is 10.6. The van der Waals surface area contributed by atoms with Crippen molar-refractivity contribution in [3.63, 3.8) is 0 Å². The maximum Gasteiger partial charge on any atom is 0.316 e. The van der Waals surface area contributed by atoms with E-state index in [0.717, 1.165) is 38.7 Å². The highest BCUT2D eigenvalue weighted by molar-refractivity contribution is 8.01. The highest BCUT2D eigenvalue weighted by atomic mass is 35.5. The number of thiophene rings is 1. The number of esters is 1. The van der Waals surface area contributed by atoms with Crippen LogP contribution in [0.3, 0.4) is 0 Å². The summed E-state index contributed by atoms with van der Waals surface area (Å²) in [5.74, 6) is -0.855. The molecule has 2 aromatic rings. The third-order valence-electron chi connectivity index (χ3n) is 2.85. The van der Waals surface area contributed by atoms with Crippen LogP contribution >= 0.6 is 46.0 Å². The number of aromatic nitrogens is 2. The zero-order valence-corrected chi connectivity index (χ0v) is 18.2. The van der Waals surface area contributed by atoms with Crippen LogP contribution in [-0.2, 0) is 24.3 Å². The maximum absolute atomic E-state index is 12.4. The molecule has 2 heterocycles. The van der Waals surface area contributed by atoms with Crippen LogP contribution in [0.25, 0.3) is 0 Å². The topological polar surface area (TPSA) is 119 Å². The van der Waals surface area contributed by atoms with E-state index in [1.54, 1.807) is 6.92 Å². The van der Waals surface area contributed by atoms with E-state index in [-0.39, 0.29) is 21.1 Å². The number of hydrogen-bond acceptors (Lipinski definition) is 10. The van der Waals surface area contributed by atoms with Gasteiger partial charge < -0.3 is 4.74 Å². The summed E-state index contributed by atoms with van der Waals surface area (Å²) in [6.07, 6.45) is 0. The molecule has 2 rings (SSSR count). The number of likely N-dealkylation sites (N-methyl/N-ethyl adjacent to an activating group) is 1. The van der Waals surface area contributed by atoms with Gasteiger partial charge in [0.05, 0.1) is 23.2 Å². The first-order chi connectivity index (χ1) is 12.7. The number of amides is 1. The van der Waals surface area contributed by atoms with Gasteiger partial charge >= 0.3 is 5.97 Å². The van der Waals surface area contributed by atoms with Gasteiger partial charge in [-0.05, 0) is 19.1 Å². The highest BCUT2D eigenvalue weighted by Crippen LogP contribution is 2.28. The number of carbonyl (C=O) groups excluding carboxylic acids is 2. The second kappa shape index (κ2) is 9.80. The molecule has 0 atom stereocenters. The molecule has 0 spiro atoms. The standard InChI is InChI=1S/C13H15ClN4O5S4/c1-3-23-10(20)7-24-13-17-16-12(26-13)15-9(19)6-18(2)27(21,22)11-5-4-8(14)25-11/h4-5H,3,6-7H2,1-2H3,(H,15,16,19). The van der Waals surface area contributed by atoms with Crippen LogP contribution in [0.15, 0.2) is 20.7 Å². The molecule has 2 aromatic heterocycles. The van der Waals surface area contributed by atoms with Crippen LogP contribution in [0.1, 0.15) is 6.92 Å². The first kappa shape index (κ1) is 22.0. The first-order valence-electron chi connectivity index (χ1n) is 7.35. The maximum atomic E-state index is 12.4.